The van der Waals surface area contributed by atoms with E-state index < -0.39 is 10.0 Å². The molecule has 2 N–H and O–H groups in total. The normalized spacial score (nSPS) is 12.9. The molecule has 7 heteroatoms. The molecule has 28 heavy (non-hydrogen) atoms. The Labute approximate surface area is 163 Å². The fraction of sp³-hybridized carbons (Fsp3) is 0.0952. The second-order valence-corrected chi connectivity index (χ2v) is 8.29. The van der Waals surface area contributed by atoms with Crippen LogP contribution in [0.4, 0.5) is 11.4 Å². The quantitative estimate of drug-likeness (QED) is 0.687. The first-order valence-electron chi connectivity index (χ1n) is 8.66. The minimum atomic E-state index is -3.79. The van der Waals surface area contributed by atoms with Crippen LogP contribution in [0.3, 0.4) is 0 Å². The van der Waals surface area contributed by atoms with E-state index in [0.717, 1.165) is 5.56 Å². The van der Waals surface area contributed by atoms with E-state index in [-0.39, 0.29) is 22.1 Å². The zero-order valence-electron chi connectivity index (χ0n) is 15.3. The van der Waals surface area contributed by atoms with Gasteiger partial charge in [-0.05, 0) is 55.8 Å². The zero-order chi connectivity index (χ0) is 19.9. The number of anilines is 2. The van der Waals surface area contributed by atoms with Crippen molar-refractivity contribution in [2.75, 3.05) is 10.0 Å². The zero-order valence-corrected chi connectivity index (χ0v) is 16.1. The summed E-state index contributed by atoms with van der Waals surface area (Å²) in [5.41, 5.74) is 2.72. The highest BCUT2D eigenvalue weighted by molar-refractivity contribution is 7.92. The molecule has 3 aromatic carbocycles. The van der Waals surface area contributed by atoms with Gasteiger partial charge >= 0.3 is 0 Å². The Hall–Kier alpha value is -3.32. The van der Waals surface area contributed by atoms with E-state index in [4.69, 9.17) is 4.74 Å². The minimum Gasteiger partial charge on any atom is -0.454 e. The van der Waals surface area contributed by atoms with E-state index >= 15 is 0 Å². The molecule has 0 aromatic heterocycles. The van der Waals surface area contributed by atoms with Gasteiger partial charge in [0.2, 0.25) is 0 Å². The average molecular weight is 394 g/mol. The van der Waals surface area contributed by atoms with Crippen molar-refractivity contribution in [3.05, 3.63) is 77.4 Å². The Morgan fingerprint density at radius 2 is 1.71 bits per heavy atom. The molecule has 1 amide bonds. The molecule has 0 fully saturated rings. The van der Waals surface area contributed by atoms with E-state index in [1.165, 1.54) is 6.07 Å². The predicted molar refractivity (Wildman–Crippen MR) is 108 cm³/mol. The summed E-state index contributed by atoms with van der Waals surface area (Å²) in [6.45, 7) is 3.65. The number of hydrogen-bond acceptors (Lipinski definition) is 4. The number of amides is 1. The number of benzene rings is 3. The fourth-order valence-electron chi connectivity index (χ4n) is 3.14. The molecule has 0 saturated heterocycles. The highest BCUT2D eigenvalue weighted by atomic mass is 32.2. The third kappa shape index (κ3) is 3.32. The highest BCUT2D eigenvalue weighted by Crippen LogP contribution is 2.36. The third-order valence-corrected chi connectivity index (χ3v) is 5.99. The molecular weight excluding hydrogens is 376 g/mol. The smallest absolute Gasteiger partial charge is 0.262 e. The number of sulfonamides is 1. The minimum absolute atomic E-state index is 0.196. The van der Waals surface area contributed by atoms with Crippen molar-refractivity contribution < 1.29 is 17.9 Å². The van der Waals surface area contributed by atoms with Gasteiger partial charge in [0.1, 0.15) is 5.75 Å². The first-order chi connectivity index (χ1) is 13.3. The van der Waals surface area contributed by atoms with Gasteiger partial charge in [-0.3, -0.25) is 9.52 Å². The van der Waals surface area contributed by atoms with Gasteiger partial charge < -0.3 is 10.1 Å². The Bertz CT molecular complexity index is 1200. The first kappa shape index (κ1) is 18.1. The van der Waals surface area contributed by atoms with Crippen molar-refractivity contribution in [1.82, 2.24) is 0 Å². The van der Waals surface area contributed by atoms with Gasteiger partial charge in [0.05, 0.1) is 16.1 Å². The maximum absolute atomic E-state index is 12.8. The SMILES string of the molecule is Cc1ccc(S(=O)(=O)Nc2ccc3c(c2)C(=O)Nc2ccccc2O3)c(C)c1. The monoisotopic (exact) mass is 394 g/mol. The molecule has 0 unspecified atom stereocenters. The number of fused-ring (bicyclic) bond motifs is 2. The average Bonchev–Trinajstić information content (AvgIpc) is 2.77. The van der Waals surface area contributed by atoms with Crippen LogP contribution < -0.4 is 14.8 Å². The molecule has 1 aliphatic heterocycles. The van der Waals surface area contributed by atoms with Crippen LogP contribution >= 0.6 is 0 Å². The molecule has 1 aliphatic rings. The lowest BCUT2D eigenvalue weighted by molar-refractivity contribution is 0.102. The van der Waals surface area contributed by atoms with Crippen LogP contribution in [0.1, 0.15) is 21.5 Å². The van der Waals surface area contributed by atoms with Crippen molar-refractivity contribution in [3.8, 4) is 11.5 Å². The maximum atomic E-state index is 12.8. The lowest BCUT2D eigenvalue weighted by Crippen LogP contribution is -2.15. The number of nitrogens with one attached hydrogen (secondary N) is 2. The van der Waals surface area contributed by atoms with E-state index in [1.54, 1.807) is 49.4 Å². The van der Waals surface area contributed by atoms with E-state index in [1.807, 2.05) is 19.1 Å². The van der Waals surface area contributed by atoms with E-state index in [9.17, 15) is 13.2 Å². The number of rotatable bonds is 3. The Kier molecular flexibility index (Phi) is 4.31. The Morgan fingerprint density at radius 1 is 0.929 bits per heavy atom. The van der Waals surface area contributed by atoms with Crippen LogP contribution in [0.25, 0.3) is 0 Å². The van der Waals surface area contributed by atoms with Crippen molar-refractivity contribution in [2.24, 2.45) is 0 Å². The second-order valence-electron chi connectivity index (χ2n) is 6.64. The molecular formula is C21H18N2O4S. The fourth-order valence-corrected chi connectivity index (χ4v) is 4.42. The molecule has 0 spiro atoms. The summed E-state index contributed by atoms with van der Waals surface area (Å²) in [6, 6.07) is 16.8. The van der Waals surface area contributed by atoms with Gasteiger partial charge in [0.15, 0.2) is 5.75 Å². The number of hydrogen-bond donors (Lipinski definition) is 2. The molecule has 0 atom stereocenters. The van der Waals surface area contributed by atoms with Gasteiger partial charge in [0.25, 0.3) is 15.9 Å². The number of carbonyl (C=O) groups excluding carboxylic acids is 1. The number of ether oxygens (including phenoxy) is 1. The van der Waals surface area contributed by atoms with Gasteiger partial charge in [-0.25, -0.2) is 8.42 Å². The summed E-state index contributed by atoms with van der Waals surface area (Å²) in [6.07, 6.45) is 0. The van der Waals surface area contributed by atoms with Crippen molar-refractivity contribution in [3.63, 3.8) is 0 Å². The van der Waals surface area contributed by atoms with Gasteiger partial charge in [-0.2, -0.15) is 0 Å². The molecule has 142 valence electrons. The summed E-state index contributed by atoms with van der Waals surface area (Å²) in [5, 5.41) is 2.77. The summed E-state index contributed by atoms with van der Waals surface area (Å²) in [7, 11) is -3.79. The van der Waals surface area contributed by atoms with Crippen molar-refractivity contribution in [2.45, 2.75) is 18.7 Å². The Balaban J connectivity index is 1.68. The van der Waals surface area contributed by atoms with E-state index in [2.05, 4.69) is 10.0 Å². The largest absolute Gasteiger partial charge is 0.454 e. The molecule has 4 rings (SSSR count). The standard InChI is InChI=1S/C21H18N2O4S/c1-13-7-10-20(14(2)11-13)28(25,26)23-15-8-9-18-16(12-15)21(24)22-17-5-3-4-6-19(17)27-18/h3-12,23H,1-2H3,(H,22,24). The highest BCUT2D eigenvalue weighted by Gasteiger charge is 2.23. The Morgan fingerprint density at radius 3 is 2.50 bits per heavy atom. The molecule has 3 aromatic rings. The number of carbonyl (C=O) groups is 1. The second kappa shape index (κ2) is 6.69. The lowest BCUT2D eigenvalue weighted by atomic mass is 10.1. The van der Waals surface area contributed by atoms with Crippen molar-refractivity contribution >= 4 is 27.3 Å². The molecule has 0 aliphatic carbocycles. The molecule has 0 saturated carbocycles. The summed E-state index contributed by atoms with van der Waals surface area (Å²) in [5.74, 6) is 0.516. The molecule has 0 radical (unpaired) electrons. The predicted octanol–water partition coefficient (Wildman–Crippen LogP) is 4.46. The summed E-state index contributed by atoms with van der Waals surface area (Å²) >= 11 is 0. The van der Waals surface area contributed by atoms with Gasteiger partial charge in [-0.1, -0.05) is 29.8 Å². The third-order valence-electron chi connectivity index (χ3n) is 4.45. The van der Waals surface area contributed by atoms with Crippen LogP contribution in [-0.2, 0) is 10.0 Å². The molecule has 1 heterocycles. The van der Waals surface area contributed by atoms with Crippen LogP contribution in [0.15, 0.2) is 65.6 Å². The number of aryl methyl sites for hydroxylation is 2. The van der Waals surface area contributed by atoms with Crippen LogP contribution in [0.2, 0.25) is 0 Å². The van der Waals surface area contributed by atoms with Gasteiger partial charge in [-0.15, -0.1) is 0 Å². The van der Waals surface area contributed by atoms with Crippen LogP contribution in [0.5, 0.6) is 11.5 Å². The number of para-hydroxylation sites is 2. The summed E-state index contributed by atoms with van der Waals surface area (Å²) in [4.78, 5) is 12.8. The lowest BCUT2D eigenvalue weighted by Gasteiger charge is -2.13. The van der Waals surface area contributed by atoms with E-state index in [0.29, 0.717) is 22.7 Å². The topological polar surface area (TPSA) is 84.5 Å². The van der Waals surface area contributed by atoms with Crippen LogP contribution in [0, 0.1) is 13.8 Å². The van der Waals surface area contributed by atoms with Gasteiger partial charge in [0, 0.05) is 5.69 Å². The van der Waals surface area contributed by atoms with Crippen molar-refractivity contribution in [1.29, 1.82) is 0 Å². The summed E-state index contributed by atoms with van der Waals surface area (Å²) < 4.78 is 33.9. The van der Waals surface area contributed by atoms with Crippen LogP contribution in [-0.4, -0.2) is 14.3 Å². The maximum Gasteiger partial charge on any atom is 0.262 e. The molecule has 6 nitrogen and oxygen atoms in total. The first-order valence-corrected chi connectivity index (χ1v) is 10.1. The molecule has 0 bridgehead atoms.